The molecule has 1 aromatic carbocycles. The van der Waals surface area contributed by atoms with Crippen LogP contribution in [0.5, 0.6) is 0 Å². The molecule has 5 nitrogen and oxygen atoms in total. The Hall–Kier alpha value is -0.470. The van der Waals surface area contributed by atoms with Crippen LogP contribution in [0.1, 0.15) is 18.1 Å². The minimum absolute atomic E-state index is 0.506. The molecule has 21 heavy (non-hydrogen) atoms. The largest absolute Gasteiger partial charge is 0.388 e. The van der Waals surface area contributed by atoms with E-state index in [0.717, 1.165) is 29.7 Å². The predicted octanol–water partition coefficient (Wildman–Crippen LogP) is 1.45. The van der Waals surface area contributed by atoms with Crippen molar-refractivity contribution < 1.29 is 13.5 Å². The molecule has 0 saturated carbocycles. The van der Waals surface area contributed by atoms with E-state index in [1.54, 1.807) is 0 Å². The van der Waals surface area contributed by atoms with Gasteiger partial charge in [0.2, 0.25) is 10.0 Å². The van der Waals surface area contributed by atoms with Crippen LogP contribution < -0.4 is 0 Å². The van der Waals surface area contributed by atoms with Gasteiger partial charge in [0.25, 0.3) is 0 Å². The van der Waals surface area contributed by atoms with Crippen LogP contribution in [0.15, 0.2) is 28.7 Å². The van der Waals surface area contributed by atoms with Gasteiger partial charge in [-0.3, -0.25) is 0 Å². The average Bonchev–Trinajstić information content (AvgIpc) is 2.45. The van der Waals surface area contributed by atoms with Crippen LogP contribution in [-0.2, 0) is 10.0 Å². The van der Waals surface area contributed by atoms with E-state index in [2.05, 4.69) is 20.8 Å². The zero-order valence-corrected chi connectivity index (χ0v) is 14.5. The lowest BCUT2D eigenvalue weighted by molar-refractivity contribution is 0.125. The highest BCUT2D eigenvalue weighted by atomic mass is 79.9. The summed E-state index contributed by atoms with van der Waals surface area (Å²) in [5, 5.41) is 10.3. The Labute approximate surface area is 134 Å². The summed E-state index contributed by atoms with van der Waals surface area (Å²) in [4.78, 5) is 2.20. The van der Waals surface area contributed by atoms with E-state index in [0.29, 0.717) is 19.5 Å². The van der Waals surface area contributed by atoms with E-state index in [1.807, 2.05) is 24.3 Å². The fourth-order valence-electron chi connectivity index (χ4n) is 2.49. The number of nitrogens with zero attached hydrogens (tertiary/aromatic N) is 2. The molecule has 0 amide bonds. The molecule has 0 bridgehead atoms. The number of aliphatic hydroxyl groups is 1. The molecule has 118 valence electrons. The molecular formula is C14H21BrN2O3S. The van der Waals surface area contributed by atoms with Crippen molar-refractivity contribution in [2.24, 2.45) is 0 Å². The first-order chi connectivity index (χ1) is 9.88. The third-order valence-corrected chi connectivity index (χ3v) is 5.81. The molecule has 1 heterocycles. The number of rotatable bonds is 5. The number of sulfonamides is 1. The smallest absolute Gasteiger partial charge is 0.211 e. The van der Waals surface area contributed by atoms with Crippen molar-refractivity contribution in [3.05, 3.63) is 34.3 Å². The first kappa shape index (κ1) is 16.9. The van der Waals surface area contributed by atoms with E-state index in [-0.39, 0.29) is 0 Å². The van der Waals surface area contributed by atoms with Gasteiger partial charge in [-0.05, 0) is 18.1 Å². The second-order valence-corrected chi connectivity index (χ2v) is 8.17. The molecule has 1 aromatic rings. The van der Waals surface area contributed by atoms with Crippen molar-refractivity contribution in [2.45, 2.75) is 12.5 Å². The second-order valence-electron chi connectivity index (χ2n) is 5.33. The molecule has 0 spiro atoms. The zero-order chi connectivity index (χ0) is 15.5. The molecule has 1 aliphatic rings. The Balaban J connectivity index is 1.81. The molecule has 1 unspecified atom stereocenters. The van der Waals surface area contributed by atoms with Gasteiger partial charge in [-0.1, -0.05) is 34.1 Å². The maximum absolute atomic E-state index is 11.4. The number of aliphatic hydroxyl groups excluding tert-OH is 1. The van der Waals surface area contributed by atoms with Gasteiger partial charge in [-0.25, -0.2) is 8.42 Å². The van der Waals surface area contributed by atoms with E-state index >= 15 is 0 Å². The van der Waals surface area contributed by atoms with Crippen LogP contribution in [-0.4, -0.2) is 61.7 Å². The highest BCUT2D eigenvalue weighted by Gasteiger charge is 2.23. The summed E-state index contributed by atoms with van der Waals surface area (Å²) in [6.07, 6.45) is 1.38. The molecule has 1 N–H and O–H groups in total. The minimum atomic E-state index is -3.08. The van der Waals surface area contributed by atoms with Gasteiger partial charge in [-0.2, -0.15) is 4.31 Å². The Bertz CT molecular complexity index is 571. The van der Waals surface area contributed by atoms with Gasteiger partial charge in [0.15, 0.2) is 0 Å². The Morgan fingerprint density at radius 1 is 1.24 bits per heavy atom. The van der Waals surface area contributed by atoms with Crippen LogP contribution in [0, 0.1) is 0 Å². The van der Waals surface area contributed by atoms with Crippen LogP contribution in [0.25, 0.3) is 0 Å². The number of benzene rings is 1. The predicted molar refractivity (Wildman–Crippen MR) is 86.6 cm³/mol. The summed E-state index contributed by atoms with van der Waals surface area (Å²) in [7, 11) is -3.08. The van der Waals surface area contributed by atoms with Crippen molar-refractivity contribution in [1.82, 2.24) is 9.21 Å². The summed E-state index contributed by atoms with van der Waals surface area (Å²) >= 11 is 3.45. The highest BCUT2D eigenvalue weighted by molar-refractivity contribution is 9.10. The average molecular weight is 377 g/mol. The summed E-state index contributed by atoms with van der Waals surface area (Å²) in [5.41, 5.74) is 0.896. The molecule has 0 aliphatic carbocycles. The summed E-state index contributed by atoms with van der Waals surface area (Å²) in [5.74, 6) is 0. The summed E-state index contributed by atoms with van der Waals surface area (Å²) in [6.45, 7) is 3.26. The Morgan fingerprint density at radius 2 is 1.86 bits per heavy atom. The first-order valence-corrected chi connectivity index (χ1v) is 9.62. The van der Waals surface area contributed by atoms with Crippen molar-refractivity contribution in [3.8, 4) is 0 Å². The SMILES string of the molecule is CS(=O)(=O)N1CCN(CCC(O)c2ccccc2Br)CC1. The molecule has 2 rings (SSSR count). The van der Waals surface area contributed by atoms with Crippen molar-refractivity contribution >= 4 is 26.0 Å². The topological polar surface area (TPSA) is 60.9 Å². The van der Waals surface area contributed by atoms with E-state index in [4.69, 9.17) is 0 Å². The molecule has 1 saturated heterocycles. The number of hydrogen-bond donors (Lipinski definition) is 1. The lowest BCUT2D eigenvalue weighted by atomic mass is 10.1. The van der Waals surface area contributed by atoms with Gasteiger partial charge >= 0.3 is 0 Å². The third-order valence-electron chi connectivity index (χ3n) is 3.78. The first-order valence-electron chi connectivity index (χ1n) is 6.98. The van der Waals surface area contributed by atoms with Crippen molar-refractivity contribution in [2.75, 3.05) is 39.0 Å². The standard InChI is InChI=1S/C14H21BrN2O3S/c1-21(19,20)17-10-8-16(9-11-17)7-6-14(18)12-4-2-3-5-13(12)15/h2-5,14,18H,6-11H2,1H3. The van der Waals surface area contributed by atoms with Gasteiger partial charge in [-0.15, -0.1) is 0 Å². The molecule has 1 aliphatic heterocycles. The number of hydrogen-bond acceptors (Lipinski definition) is 4. The monoisotopic (exact) mass is 376 g/mol. The molecule has 7 heteroatoms. The quantitative estimate of drug-likeness (QED) is 0.844. The van der Waals surface area contributed by atoms with Crippen LogP contribution in [0.2, 0.25) is 0 Å². The number of halogens is 1. The van der Waals surface area contributed by atoms with Crippen LogP contribution in [0.4, 0.5) is 0 Å². The van der Waals surface area contributed by atoms with Crippen LogP contribution in [0.3, 0.4) is 0 Å². The van der Waals surface area contributed by atoms with Crippen molar-refractivity contribution in [3.63, 3.8) is 0 Å². The highest BCUT2D eigenvalue weighted by Crippen LogP contribution is 2.25. The molecular weight excluding hydrogens is 356 g/mol. The minimum Gasteiger partial charge on any atom is -0.388 e. The Kier molecular flexibility index (Phi) is 5.79. The fraction of sp³-hybridized carbons (Fsp3) is 0.571. The molecule has 1 fully saturated rings. The molecule has 0 radical (unpaired) electrons. The van der Waals surface area contributed by atoms with Crippen LogP contribution >= 0.6 is 15.9 Å². The lowest BCUT2D eigenvalue weighted by Crippen LogP contribution is -2.48. The molecule has 0 aromatic heterocycles. The third kappa shape index (κ3) is 4.75. The Morgan fingerprint density at radius 3 is 2.43 bits per heavy atom. The van der Waals surface area contributed by atoms with Gasteiger partial charge in [0.05, 0.1) is 12.4 Å². The van der Waals surface area contributed by atoms with E-state index in [1.165, 1.54) is 10.6 Å². The van der Waals surface area contributed by atoms with E-state index < -0.39 is 16.1 Å². The maximum atomic E-state index is 11.4. The number of piperazine rings is 1. The van der Waals surface area contributed by atoms with Gasteiger partial charge < -0.3 is 10.0 Å². The fourth-order valence-corrected chi connectivity index (χ4v) is 3.87. The molecule has 1 atom stereocenters. The van der Waals surface area contributed by atoms with Crippen molar-refractivity contribution in [1.29, 1.82) is 0 Å². The summed E-state index contributed by atoms with van der Waals surface area (Å²) in [6, 6.07) is 7.67. The zero-order valence-electron chi connectivity index (χ0n) is 12.1. The van der Waals surface area contributed by atoms with E-state index in [9.17, 15) is 13.5 Å². The summed E-state index contributed by atoms with van der Waals surface area (Å²) < 4.78 is 25.3. The van der Waals surface area contributed by atoms with Gasteiger partial charge in [0, 0.05) is 37.2 Å². The normalized spacial score (nSPS) is 19.6. The van der Waals surface area contributed by atoms with Gasteiger partial charge in [0.1, 0.15) is 0 Å². The maximum Gasteiger partial charge on any atom is 0.211 e. The lowest BCUT2D eigenvalue weighted by Gasteiger charge is -2.33. The second kappa shape index (κ2) is 7.19.